The molecule has 4 nitrogen and oxygen atoms in total. The second kappa shape index (κ2) is 7.80. The Balaban J connectivity index is 1.93. The molecule has 0 aliphatic carbocycles. The third-order valence-corrected chi connectivity index (χ3v) is 4.13. The average Bonchev–Trinajstić information content (AvgIpc) is 3.02. The van der Waals surface area contributed by atoms with Crippen molar-refractivity contribution in [3.8, 4) is 0 Å². The first-order chi connectivity index (χ1) is 12.9. The number of aromatic nitrogens is 1. The van der Waals surface area contributed by atoms with Gasteiger partial charge in [0.05, 0.1) is 12.1 Å². The van der Waals surface area contributed by atoms with E-state index in [0.717, 1.165) is 22.0 Å². The molecule has 0 aliphatic heterocycles. The average molecular weight is 363 g/mol. The van der Waals surface area contributed by atoms with E-state index in [1.165, 1.54) is 4.57 Å². The lowest BCUT2D eigenvalue weighted by Gasteiger charge is -2.19. The fourth-order valence-corrected chi connectivity index (χ4v) is 2.94. The summed E-state index contributed by atoms with van der Waals surface area (Å²) < 4.78 is 13.2. The summed E-state index contributed by atoms with van der Waals surface area (Å²) in [7, 11) is 0. The van der Waals surface area contributed by atoms with E-state index in [2.05, 4.69) is 6.58 Å². The number of fused-ring (bicyclic) bond motifs is 1. The molecular weight excluding hydrogens is 338 g/mol. The SMILES string of the molecule is C=CC(OCc1ccccc1)c1cn(C(=O)OC(C)(C)C)c2ccccc12. The van der Waals surface area contributed by atoms with E-state index < -0.39 is 11.7 Å². The number of nitrogens with zero attached hydrogens (tertiary/aromatic N) is 1. The molecule has 3 aromatic rings. The molecule has 1 unspecified atom stereocenters. The van der Waals surface area contributed by atoms with Crippen molar-refractivity contribution in [3.63, 3.8) is 0 Å². The Morgan fingerprint density at radius 1 is 1.11 bits per heavy atom. The molecule has 2 aromatic carbocycles. The van der Waals surface area contributed by atoms with Crippen molar-refractivity contribution in [2.75, 3.05) is 0 Å². The lowest BCUT2D eigenvalue weighted by atomic mass is 10.1. The lowest BCUT2D eigenvalue weighted by molar-refractivity contribution is 0.0541. The van der Waals surface area contributed by atoms with Gasteiger partial charge in [-0.05, 0) is 32.4 Å². The summed E-state index contributed by atoms with van der Waals surface area (Å²) in [5.41, 5.74) is 2.20. The second-order valence-corrected chi connectivity index (χ2v) is 7.40. The summed E-state index contributed by atoms with van der Waals surface area (Å²) in [6, 6.07) is 17.7. The monoisotopic (exact) mass is 363 g/mol. The number of para-hydroxylation sites is 1. The molecule has 0 amide bonds. The number of carbonyl (C=O) groups excluding carboxylic acids is 1. The van der Waals surface area contributed by atoms with Crippen LogP contribution in [0.25, 0.3) is 10.9 Å². The minimum Gasteiger partial charge on any atom is -0.443 e. The number of benzene rings is 2. The minimum absolute atomic E-state index is 0.334. The summed E-state index contributed by atoms with van der Waals surface area (Å²) in [6.45, 7) is 9.94. The molecule has 0 bridgehead atoms. The molecule has 3 rings (SSSR count). The summed E-state index contributed by atoms with van der Waals surface area (Å²) in [5.74, 6) is 0. The topological polar surface area (TPSA) is 40.5 Å². The maximum absolute atomic E-state index is 12.7. The Morgan fingerprint density at radius 2 is 1.78 bits per heavy atom. The molecule has 0 aliphatic rings. The maximum Gasteiger partial charge on any atom is 0.419 e. The lowest BCUT2D eigenvalue weighted by Crippen LogP contribution is -2.26. The Bertz CT molecular complexity index is 935. The van der Waals surface area contributed by atoms with Crippen molar-refractivity contribution < 1.29 is 14.3 Å². The minimum atomic E-state index is -0.565. The van der Waals surface area contributed by atoms with Crippen LogP contribution in [0.5, 0.6) is 0 Å². The molecule has 27 heavy (non-hydrogen) atoms. The van der Waals surface area contributed by atoms with Crippen LogP contribution < -0.4 is 0 Å². The van der Waals surface area contributed by atoms with Gasteiger partial charge in [0, 0.05) is 17.1 Å². The predicted octanol–water partition coefficient (Wildman–Crippen LogP) is 5.87. The fraction of sp³-hybridized carbons (Fsp3) is 0.261. The van der Waals surface area contributed by atoms with Crippen LogP contribution in [0.1, 0.15) is 38.0 Å². The number of rotatable bonds is 5. The highest BCUT2D eigenvalue weighted by Crippen LogP contribution is 2.30. The summed E-state index contributed by atoms with van der Waals surface area (Å²) in [6.07, 6.45) is 2.80. The van der Waals surface area contributed by atoms with E-state index in [0.29, 0.717) is 6.61 Å². The third kappa shape index (κ3) is 4.47. The largest absolute Gasteiger partial charge is 0.443 e. The standard InChI is InChI=1S/C23H25NO3/c1-5-21(26-16-17-11-7-6-8-12-17)19-15-24(22(25)27-23(2,3)4)20-14-10-9-13-18(19)20/h5-15,21H,1,16H2,2-4H3. The fourth-order valence-electron chi connectivity index (χ4n) is 2.94. The number of hydrogen-bond acceptors (Lipinski definition) is 3. The van der Waals surface area contributed by atoms with Crippen molar-refractivity contribution in [3.05, 3.63) is 84.6 Å². The zero-order valence-electron chi connectivity index (χ0n) is 16.0. The Labute approximate surface area is 160 Å². The Morgan fingerprint density at radius 3 is 2.44 bits per heavy atom. The van der Waals surface area contributed by atoms with Gasteiger partial charge in [-0.3, -0.25) is 4.57 Å². The molecule has 1 heterocycles. The zero-order chi connectivity index (χ0) is 19.4. The van der Waals surface area contributed by atoms with Crippen LogP contribution in [0.15, 0.2) is 73.4 Å². The van der Waals surface area contributed by atoms with Crippen molar-refractivity contribution in [2.45, 2.75) is 39.1 Å². The number of carbonyl (C=O) groups is 1. The van der Waals surface area contributed by atoms with Crippen molar-refractivity contribution in [2.24, 2.45) is 0 Å². The van der Waals surface area contributed by atoms with Gasteiger partial charge in [-0.2, -0.15) is 0 Å². The normalized spacial score (nSPS) is 12.7. The van der Waals surface area contributed by atoms with Gasteiger partial charge in [-0.25, -0.2) is 4.79 Å². The molecule has 0 N–H and O–H groups in total. The van der Waals surface area contributed by atoms with E-state index in [1.54, 1.807) is 12.3 Å². The smallest absolute Gasteiger partial charge is 0.419 e. The van der Waals surface area contributed by atoms with E-state index in [4.69, 9.17) is 9.47 Å². The van der Waals surface area contributed by atoms with Gasteiger partial charge in [-0.15, -0.1) is 6.58 Å². The quantitative estimate of drug-likeness (QED) is 0.532. The van der Waals surface area contributed by atoms with E-state index in [1.807, 2.05) is 75.4 Å². The summed E-state index contributed by atoms with van der Waals surface area (Å²) in [4.78, 5) is 12.7. The highest BCUT2D eigenvalue weighted by Gasteiger charge is 2.23. The molecular formula is C23H25NO3. The molecule has 1 aromatic heterocycles. The molecule has 1 atom stereocenters. The van der Waals surface area contributed by atoms with E-state index in [9.17, 15) is 4.79 Å². The van der Waals surface area contributed by atoms with E-state index in [-0.39, 0.29) is 6.10 Å². The van der Waals surface area contributed by atoms with Gasteiger partial charge in [0.2, 0.25) is 0 Å². The number of hydrogen-bond donors (Lipinski definition) is 0. The summed E-state index contributed by atoms with van der Waals surface area (Å²) >= 11 is 0. The zero-order valence-corrected chi connectivity index (χ0v) is 16.0. The first-order valence-corrected chi connectivity index (χ1v) is 9.00. The van der Waals surface area contributed by atoms with Crippen LogP contribution in [0.3, 0.4) is 0 Å². The third-order valence-electron chi connectivity index (χ3n) is 4.13. The van der Waals surface area contributed by atoms with Crippen LogP contribution in [0.4, 0.5) is 4.79 Å². The van der Waals surface area contributed by atoms with Crippen LogP contribution in [-0.2, 0) is 16.1 Å². The first-order valence-electron chi connectivity index (χ1n) is 9.00. The van der Waals surface area contributed by atoms with Gasteiger partial charge >= 0.3 is 6.09 Å². The van der Waals surface area contributed by atoms with Gasteiger partial charge in [0.15, 0.2) is 0 Å². The van der Waals surface area contributed by atoms with Crippen LogP contribution in [-0.4, -0.2) is 16.3 Å². The van der Waals surface area contributed by atoms with Gasteiger partial charge in [0.25, 0.3) is 0 Å². The Hall–Kier alpha value is -2.85. The highest BCUT2D eigenvalue weighted by molar-refractivity contribution is 5.92. The molecule has 0 radical (unpaired) electrons. The van der Waals surface area contributed by atoms with Gasteiger partial charge in [-0.1, -0.05) is 54.6 Å². The molecule has 0 spiro atoms. The maximum atomic E-state index is 12.7. The molecule has 4 heteroatoms. The Kier molecular flexibility index (Phi) is 5.47. The van der Waals surface area contributed by atoms with Crippen LogP contribution in [0.2, 0.25) is 0 Å². The van der Waals surface area contributed by atoms with Crippen molar-refractivity contribution in [1.29, 1.82) is 0 Å². The van der Waals surface area contributed by atoms with Crippen molar-refractivity contribution in [1.82, 2.24) is 4.57 Å². The van der Waals surface area contributed by atoms with Crippen LogP contribution in [0, 0.1) is 0 Å². The number of ether oxygens (including phenoxy) is 2. The van der Waals surface area contributed by atoms with Gasteiger partial charge < -0.3 is 9.47 Å². The van der Waals surface area contributed by atoms with E-state index >= 15 is 0 Å². The predicted molar refractivity (Wildman–Crippen MR) is 108 cm³/mol. The van der Waals surface area contributed by atoms with Crippen LogP contribution >= 0.6 is 0 Å². The molecule has 140 valence electrons. The first kappa shape index (κ1) is 18.9. The molecule has 0 saturated heterocycles. The van der Waals surface area contributed by atoms with Gasteiger partial charge in [0.1, 0.15) is 11.7 Å². The van der Waals surface area contributed by atoms with Crippen molar-refractivity contribution >= 4 is 17.0 Å². The molecule has 0 saturated carbocycles. The summed E-state index contributed by atoms with van der Waals surface area (Å²) in [5, 5.41) is 0.946. The highest BCUT2D eigenvalue weighted by atomic mass is 16.6. The second-order valence-electron chi connectivity index (χ2n) is 7.40. The molecule has 0 fully saturated rings.